The lowest BCUT2D eigenvalue weighted by molar-refractivity contribution is -0.118. The summed E-state index contributed by atoms with van der Waals surface area (Å²) in [4.78, 5) is 13.2. The predicted molar refractivity (Wildman–Crippen MR) is 119 cm³/mol. The van der Waals surface area contributed by atoms with E-state index in [9.17, 15) is 13.2 Å². The van der Waals surface area contributed by atoms with Crippen LogP contribution in [0.1, 0.15) is 5.56 Å². The van der Waals surface area contributed by atoms with E-state index in [-0.39, 0.29) is 24.0 Å². The third kappa shape index (κ3) is 6.09. The molecule has 6 nitrogen and oxygen atoms in total. The minimum Gasteiger partial charge on any atom is -0.484 e. The molecular weight excluding hydrogens is 420 g/mol. The zero-order valence-corrected chi connectivity index (χ0v) is 18.0. The third-order valence-electron chi connectivity index (χ3n) is 4.19. The van der Waals surface area contributed by atoms with Crippen LogP contribution < -0.4 is 14.8 Å². The summed E-state index contributed by atoms with van der Waals surface area (Å²) in [6.07, 6.45) is 1.94. The first-order chi connectivity index (χ1) is 14.5. The maximum absolute atomic E-state index is 12.4. The zero-order valence-electron chi connectivity index (χ0n) is 16.4. The first kappa shape index (κ1) is 21.9. The Morgan fingerprint density at radius 1 is 0.933 bits per heavy atom. The third-order valence-corrected chi connectivity index (χ3v) is 6.41. The van der Waals surface area contributed by atoms with E-state index >= 15 is 0 Å². The van der Waals surface area contributed by atoms with Crippen LogP contribution in [-0.2, 0) is 21.4 Å². The fourth-order valence-electron chi connectivity index (χ4n) is 2.66. The Morgan fingerprint density at radius 2 is 1.60 bits per heavy atom. The molecule has 3 aromatic rings. The topological polar surface area (TPSA) is 84.5 Å². The van der Waals surface area contributed by atoms with Gasteiger partial charge in [-0.3, -0.25) is 4.79 Å². The maximum atomic E-state index is 12.4. The Bertz CT molecular complexity index is 1090. The van der Waals surface area contributed by atoms with Gasteiger partial charge in [-0.05, 0) is 48.2 Å². The van der Waals surface area contributed by atoms with Gasteiger partial charge in [-0.1, -0.05) is 42.5 Å². The summed E-state index contributed by atoms with van der Waals surface area (Å²) >= 11 is 1.54. The second-order valence-corrected chi connectivity index (χ2v) is 8.93. The van der Waals surface area contributed by atoms with Gasteiger partial charge in [-0.2, -0.15) is 0 Å². The lowest BCUT2D eigenvalue weighted by atomic mass is 10.2. The van der Waals surface area contributed by atoms with Crippen molar-refractivity contribution in [3.63, 3.8) is 0 Å². The van der Waals surface area contributed by atoms with Crippen LogP contribution in [0.25, 0.3) is 0 Å². The maximum Gasteiger partial charge on any atom is 0.262 e. The van der Waals surface area contributed by atoms with Gasteiger partial charge in [-0.25, -0.2) is 13.1 Å². The van der Waals surface area contributed by atoms with Gasteiger partial charge < -0.3 is 10.1 Å². The number of hydrogen-bond acceptors (Lipinski definition) is 5. The molecule has 0 aliphatic carbocycles. The molecule has 0 radical (unpaired) electrons. The van der Waals surface area contributed by atoms with Crippen LogP contribution in [0.5, 0.6) is 5.75 Å². The van der Waals surface area contributed by atoms with E-state index in [2.05, 4.69) is 10.0 Å². The number of hydrogen-bond donors (Lipinski definition) is 2. The summed E-state index contributed by atoms with van der Waals surface area (Å²) in [5.41, 5.74) is 1.60. The Labute approximate surface area is 180 Å². The van der Waals surface area contributed by atoms with Crippen LogP contribution in [0.4, 0.5) is 5.69 Å². The van der Waals surface area contributed by atoms with E-state index in [1.165, 1.54) is 36.0 Å². The Kier molecular flexibility index (Phi) is 7.51. The molecule has 3 aromatic carbocycles. The second kappa shape index (κ2) is 10.3. The monoisotopic (exact) mass is 442 g/mol. The summed E-state index contributed by atoms with van der Waals surface area (Å²) in [6, 6.07) is 22.7. The molecule has 0 bridgehead atoms. The van der Waals surface area contributed by atoms with Crippen molar-refractivity contribution < 1.29 is 17.9 Å². The number of nitrogens with one attached hydrogen (secondary N) is 2. The van der Waals surface area contributed by atoms with E-state index in [0.717, 1.165) is 16.1 Å². The molecule has 1 amide bonds. The van der Waals surface area contributed by atoms with Gasteiger partial charge in [0.25, 0.3) is 5.91 Å². The molecule has 0 saturated heterocycles. The number of carbonyl (C=O) groups is 1. The number of para-hydroxylation sites is 1. The first-order valence-corrected chi connectivity index (χ1v) is 11.9. The van der Waals surface area contributed by atoms with Gasteiger partial charge in [0.15, 0.2) is 6.61 Å². The number of carbonyl (C=O) groups excluding carboxylic acids is 1. The van der Waals surface area contributed by atoms with Crippen molar-refractivity contribution in [2.45, 2.75) is 16.3 Å². The Balaban J connectivity index is 1.54. The lowest BCUT2D eigenvalue weighted by Crippen LogP contribution is -2.23. The second-order valence-electron chi connectivity index (χ2n) is 6.32. The highest BCUT2D eigenvalue weighted by Gasteiger charge is 2.14. The normalized spacial score (nSPS) is 11.1. The van der Waals surface area contributed by atoms with Crippen molar-refractivity contribution in [3.05, 3.63) is 84.4 Å². The van der Waals surface area contributed by atoms with Gasteiger partial charge in [0.2, 0.25) is 10.0 Å². The van der Waals surface area contributed by atoms with Crippen LogP contribution in [-0.4, -0.2) is 27.2 Å². The summed E-state index contributed by atoms with van der Waals surface area (Å²) < 4.78 is 32.9. The smallest absolute Gasteiger partial charge is 0.262 e. The number of benzene rings is 3. The van der Waals surface area contributed by atoms with Crippen molar-refractivity contribution in [1.82, 2.24) is 4.72 Å². The molecule has 8 heteroatoms. The fourth-order valence-corrected chi connectivity index (χ4v) is 4.23. The van der Waals surface area contributed by atoms with Crippen LogP contribution in [0.3, 0.4) is 0 Å². The van der Waals surface area contributed by atoms with Gasteiger partial charge in [0.05, 0.1) is 10.6 Å². The van der Waals surface area contributed by atoms with Crippen molar-refractivity contribution in [1.29, 1.82) is 0 Å². The summed E-state index contributed by atoms with van der Waals surface area (Å²) in [5, 5.41) is 2.81. The van der Waals surface area contributed by atoms with E-state index in [1.54, 1.807) is 0 Å². The number of sulfonamides is 1. The molecular formula is C22H22N2O4S2. The highest BCUT2D eigenvalue weighted by atomic mass is 32.2. The van der Waals surface area contributed by atoms with Crippen molar-refractivity contribution >= 4 is 33.4 Å². The van der Waals surface area contributed by atoms with E-state index in [0.29, 0.717) is 5.75 Å². The molecule has 156 valence electrons. The first-order valence-electron chi connectivity index (χ1n) is 9.17. The molecule has 2 N–H and O–H groups in total. The molecule has 0 atom stereocenters. The van der Waals surface area contributed by atoms with Crippen molar-refractivity contribution in [2.24, 2.45) is 0 Å². The molecule has 0 aromatic heterocycles. The number of anilines is 1. The molecule has 0 heterocycles. The molecule has 0 aliphatic rings. The minimum absolute atomic E-state index is 0.129. The van der Waals surface area contributed by atoms with Crippen molar-refractivity contribution in [2.75, 3.05) is 18.2 Å². The number of thioether (sulfide) groups is 1. The van der Waals surface area contributed by atoms with Crippen molar-refractivity contribution in [3.8, 4) is 5.75 Å². The number of rotatable bonds is 9. The van der Waals surface area contributed by atoms with Gasteiger partial charge >= 0.3 is 0 Å². The minimum atomic E-state index is -3.64. The fraction of sp³-hybridized carbons (Fsp3) is 0.136. The largest absolute Gasteiger partial charge is 0.484 e. The predicted octanol–water partition coefficient (Wildman–Crippen LogP) is 3.90. The Hall–Kier alpha value is -2.81. The lowest BCUT2D eigenvalue weighted by Gasteiger charge is -2.11. The van der Waals surface area contributed by atoms with Crippen LogP contribution in [0, 0.1) is 0 Å². The van der Waals surface area contributed by atoms with Gasteiger partial charge in [-0.15, -0.1) is 11.8 Å². The molecule has 0 fully saturated rings. The highest BCUT2D eigenvalue weighted by molar-refractivity contribution is 7.98. The number of ether oxygens (including phenoxy) is 1. The molecule has 0 spiro atoms. The van der Waals surface area contributed by atoms with Gasteiger partial charge in [0.1, 0.15) is 5.75 Å². The SMILES string of the molecule is CSc1ccccc1NC(=O)COc1ccc(S(=O)(=O)NCc2ccccc2)cc1. The highest BCUT2D eigenvalue weighted by Crippen LogP contribution is 2.24. The zero-order chi connectivity index (χ0) is 21.4. The van der Waals surface area contributed by atoms with E-state index in [1.807, 2.05) is 60.9 Å². The van der Waals surface area contributed by atoms with Crippen LogP contribution >= 0.6 is 11.8 Å². The van der Waals surface area contributed by atoms with Crippen LogP contribution in [0.2, 0.25) is 0 Å². The summed E-state index contributed by atoms with van der Waals surface area (Å²) in [5.74, 6) is 0.114. The Morgan fingerprint density at radius 3 is 2.30 bits per heavy atom. The quantitative estimate of drug-likeness (QED) is 0.491. The number of amides is 1. The molecule has 3 rings (SSSR count). The average molecular weight is 443 g/mol. The van der Waals surface area contributed by atoms with E-state index < -0.39 is 10.0 Å². The average Bonchev–Trinajstić information content (AvgIpc) is 2.78. The van der Waals surface area contributed by atoms with E-state index in [4.69, 9.17) is 4.74 Å². The molecule has 0 unspecified atom stereocenters. The standard InChI is InChI=1S/C22H22N2O4S2/c1-29-21-10-6-5-9-20(21)24-22(25)16-28-18-11-13-19(14-12-18)30(26,27)23-15-17-7-3-2-4-8-17/h2-14,23H,15-16H2,1H3,(H,24,25). The van der Waals surface area contributed by atoms with Gasteiger partial charge in [0, 0.05) is 11.4 Å². The van der Waals surface area contributed by atoms with Crippen LogP contribution in [0.15, 0.2) is 88.7 Å². The molecule has 30 heavy (non-hydrogen) atoms. The molecule has 0 saturated carbocycles. The summed E-state index contributed by atoms with van der Waals surface area (Å²) in [7, 11) is -3.64. The summed E-state index contributed by atoms with van der Waals surface area (Å²) in [6.45, 7) is 0.0280. The molecule has 0 aliphatic heterocycles.